The molecule has 0 amide bonds. The van der Waals surface area contributed by atoms with Crippen molar-refractivity contribution in [3.05, 3.63) is 18.1 Å². The molecule has 2 aromatic heterocycles. The van der Waals surface area contributed by atoms with E-state index in [1.165, 1.54) is 6.33 Å². The molecule has 0 aromatic carbocycles. The molecule has 0 aliphatic heterocycles. The minimum absolute atomic E-state index is 0.148. The number of hydrogen-bond donors (Lipinski definition) is 4. The van der Waals surface area contributed by atoms with Gasteiger partial charge in [-0.15, -0.1) is 0 Å². The number of hydrogen-bond acceptors (Lipinski definition) is 6. The number of aliphatic hydroxyl groups excluding tert-OH is 3. The van der Waals surface area contributed by atoms with E-state index in [1.54, 1.807) is 17.4 Å². The molecule has 0 spiro atoms. The van der Waals surface area contributed by atoms with Gasteiger partial charge in [0.25, 0.3) is 0 Å². The summed E-state index contributed by atoms with van der Waals surface area (Å²) in [5.74, 6) is -0.0915. The van der Waals surface area contributed by atoms with Crippen molar-refractivity contribution in [2.45, 2.75) is 24.5 Å². The fourth-order valence-corrected chi connectivity index (χ4v) is 3.11. The van der Waals surface area contributed by atoms with Crippen molar-refractivity contribution in [2.75, 3.05) is 20.7 Å². The largest absolute Gasteiger partial charge is 0.396 e. The number of aromatic amines is 1. The van der Waals surface area contributed by atoms with Crippen molar-refractivity contribution < 1.29 is 15.3 Å². The van der Waals surface area contributed by atoms with Crippen LogP contribution in [-0.2, 0) is 0 Å². The number of aliphatic hydroxyl groups is 3. The van der Waals surface area contributed by atoms with Crippen LogP contribution in [0.5, 0.6) is 0 Å². The maximum atomic E-state index is 10.3. The van der Waals surface area contributed by atoms with Gasteiger partial charge in [0, 0.05) is 44.3 Å². The molecule has 1 aliphatic carbocycles. The minimum Gasteiger partial charge on any atom is -0.396 e. The Morgan fingerprint density at radius 3 is 2.78 bits per heavy atom. The number of nitrogens with zero attached hydrogens (tertiary/aromatic N) is 4. The molecule has 0 bridgehead atoms. The first kappa shape index (κ1) is 15.9. The first-order chi connectivity index (χ1) is 11.0. The van der Waals surface area contributed by atoms with E-state index in [-0.39, 0.29) is 18.4 Å². The number of H-pyrrole nitrogens is 1. The second-order valence-electron chi connectivity index (χ2n) is 6.14. The quantitative estimate of drug-likeness (QED) is 0.465. The molecule has 4 N–H and O–H groups in total. The Kier molecular flexibility index (Phi) is 4.29. The summed E-state index contributed by atoms with van der Waals surface area (Å²) in [6.07, 6.45) is 3.51. The maximum Gasteiger partial charge on any atom is 0.181 e. The van der Waals surface area contributed by atoms with Crippen LogP contribution in [0.25, 0.3) is 11.0 Å². The molecular formula is C15H21N5O3. The highest BCUT2D eigenvalue weighted by Crippen LogP contribution is 2.41. The van der Waals surface area contributed by atoms with Crippen LogP contribution in [0.15, 0.2) is 17.5 Å². The summed E-state index contributed by atoms with van der Waals surface area (Å²) in [7, 11) is 3.74. The van der Waals surface area contributed by atoms with Crippen molar-refractivity contribution in [3.63, 3.8) is 0 Å². The smallest absolute Gasteiger partial charge is 0.181 e. The predicted molar refractivity (Wildman–Crippen MR) is 85.7 cm³/mol. The molecule has 2 aromatic rings. The predicted octanol–water partition coefficient (Wildman–Crippen LogP) is -0.00310. The monoisotopic (exact) mass is 319 g/mol. The second kappa shape index (κ2) is 6.23. The van der Waals surface area contributed by atoms with E-state index in [2.05, 4.69) is 19.9 Å². The SMILES string of the molecule is CN(C)C=Nc1ncnc2c([C@@H]3C[C@H](CO)[C@@H](O)[C@H]3O)c[nH]c12. The van der Waals surface area contributed by atoms with Crippen LogP contribution in [0.3, 0.4) is 0 Å². The van der Waals surface area contributed by atoms with E-state index >= 15 is 0 Å². The zero-order valence-corrected chi connectivity index (χ0v) is 13.1. The van der Waals surface area contributed by atoms with Crippen LogP contribution in [0, 0.1) is 5.92 Å². The third kappa shape index (κ3) is 2.80. The highest BCUT2D eigenvalue weighted by Gasteiger charge is 2.42. The third-order valence-electron chi connectivity index (χ3n) is 4.32. The molecule has 23 heavy (non-hydrogen) atoms. The molecule has 8 nitrogen and oxygen atoms in total. The molecule has 8 heteroatoms. The average Bonchev–Trinajstić information content (AvgIpc) is 3.08. The van der Waals surface area contributed by atoms with Gasteiger partial charge in [-0.05, 0) is 6.42 Å². The fourth-order valence-electron chi connectivity index (χ4n) is 3.11. The van der Waals surface area contributed by atoms with Gasteiger partial charge in [0.15, 0.2) is 5.82 Å². The molecule has 4 atom stereocenters. The Morgan fingerprint density at radius 1 is 1.35 bits per heavy atom. The van der Waals surface area contributed by atoms with E-state index in [1.807, 2.05) is 14.1 Å². The van der Waals surface area contributed by atoms with Gasteiger partial charge in [-0.1, -0.05) is 0 Å². The maximum absolute atomic E-state index is 10.3. The van der Waals surface area contributed by atoms with Gasteiger partial charge in [0.05, 0.1) is 24.1 Å². The molecule has 1 fully saturated rings. The highest BCUT2D eigenvalue weighted by atomic mass is 16.3. The highest BCUT2D eigenvalue weighted by molar-refractivity contribution is 5.88. The standard InChI is InChI=1S/C15H21N5O3/c1-20(2)7-19-15-12-11(17-6-18-15)10(4-16-12)9-3-8(5-21)13(22)14(9)23/h4,6-9,13-14,16,21-23H,3,5H2,1-2H3/t8-,9+,13-,14+/m1/s1. The van der Waals surface area contributed by atoms with Crippen molar-refractivity contribution in [1.82, 2.24) is 19.9 Å². The number of rotatable bonds is 4. The van der Waals surface area contributed by atoms with Crippen LogP contribution < -0.4 is 0 Å². The Hall–Kier alpha value is -2.03. The normalized spacial score (nSPS) is 28.0. The molecule has 0 saturated heterocycles. The van der Waals surface area contributed by atoms with Gasteiger partial charge in [0.1, 0.15) is 11.8 Å². The van der Waals surface area contributed by atoms with Crippen molar-refractivity contribution >= 4 is 23.2 Å². The first-order valence-electron chi connectivity index (χ1n) is 7.52. The summed E-state index contributed by atoms with van der Waals surface area (Å²) in [6.45, 7) is -0.148. The van der Waals surface area contributed by atoms with Crippen LogP contribution in [-0.4, -0.2) is 74.4 Å². The lowest BCUT2D eigenvalue weighted by molar-refractivity contribution is 0.00241. The van der Waals surface area contributed by atoms with Crippen molar-refractivity contribution in [1.29, 1.82) is 0 Å². The van der Waals surface area contributed by atoms with E-state index in [0.717, 1.165) is 5.56 Å². The van der Waals surface area contributed by atoms with E-state index in [0.29, 0.717) is 23.3 Å². The zero-order chi connectivity index (χ0) is 16.6. The number of nitrogens with one attached hydrogen (secondary N) is 1. The van der Waals surface area contributed by atoms with Crippen LogP contribution >= 0.6 is 0 Å². The molecule has 124 valence electrons. The zero-order valence-electron chi connectivity index (χ0n) is 13.1. The summed E-state index contributed by atoms with van der Waals surface area (Å²) in [4.78, 5) is 17.7. The molecule has 1 saturated carbocycles. The average molecular weight is 319 g/mol. The van der Waals surface area contributed by atoms with Gasteiger partial charge >= 0.3 is 0 Å². The Morgan fingerprint density at radius 2 is 2.13 bits per heavy atom. The molecule has 3 rings (SSSR count). The Balaban J connectivity index is 1.99. The van der Waals surface area contributed by atoms with Gasteiger partial charge in [-0.25, -0.2) is 15.0 Å². The van der Waals surface area contributed by atoms with Gasteiger partial charge < -0.3 is 25.2 Å². The van der Waals surface area contributed by atoms with Gasteiger partial charge in [-0.3, -0.25) is 0 Å². The minimum atomic E-state index is -0.928. The summed E-state index contributed by atoms with van der Waals surface area (Å²) < 4.78 is 0. The van der Waals surface area contributed by atoms with Gasteiger partial charge in [0.2, 0.25) is 0 Å². The number of aromatic nitrogens is 3. The summed E-state index contributed by atoms with van der Waals surface area (Å²) >= 11 is 0. The molecular weight excluding hydrogens is 298 g/mol. The van der Waals surface area contributed by atoms with E-state index in [9.17, 15) is 15.3 Å². The Bertz CT molecular complexity index is 714. The summed E-state index contributed by atoms with van der Waals surface area (Å²) in [6, 6.07) is 0. The number of aliphatic imine (C=N–C) groups is 1. The van der Waals surface area contributed by atoms with Crippen LogP contribution in [0.4, 0.5) is 5.82 Å². The fraction of sp³-hybridized carbons (Fsp3) is 0.533. The number of fused-ring (bicyclic) bond motifs is 1. The lowest BCUT2D eigenvalue weighted by Gasteiger charge is -2.15. The Labute approximate surface area is 133 Å². The second-order valence-corrected chi connectivity index (χ2v) is 6.14. The summed E-state index contributed by atoms with van der Waals surface area (Å²) in [5.41, 5.74) is 2.18. The summed E-state index contributed by atoms with van der Waals surface area (Å²) in [5, 5.41) is 29.6. The lowest BCUT2D eigenvalue weighted by atomic mass is 9.96. The topological polar surface area (TPSA) is 118 Å². The van der Waals surface area contributed by atoms with E-state index in [4.69, 9.17) is 0 Å². The lowest BCUT2D eigenvalue weighted by Crippen LogP contribution is -2.28. The van der Waals surface area contributed by atoms with E-state index < -0.39 is 12.2 Å². The van der Waals surface area contributed by atoms with Crippen LogP contribution in [0.2, 0.25) is 0 Å². The molecule has 0 radical (unpaired) electrons. The van der Waals surface area contributed by atoms with Crippen molar-refractivity contribution in [3.8, 4) is 0 Å². The molecule has 1 aliphatic rings. The molecule has 0 unspecified atom stereocenters. The van der Waals surface area contributed by atoms with Crippen LogP contribution in [0.1, 0.15) is 17.9 Å². The van der Waals surface area contributed by atoms with Gasteiger partial charge in [-0.2, -0.15) is 0 Å². The third-order valence-corrected chi connectivity index (χ3v) is 4.32. The first-order valence-corrected chi connectivity index (χ1v) is 7.52. The molecule has 2 heterocycles. The van der Waals surface area contributed by atoms with Crippen molar-refractivity contribution in [2.24, 2.45) is 10.9 Å².